The third-order valence-corrected chi connectivity index (χ3v) is 2.93. The molecule has 0 saturated carbocycles. The van der Waals surface area contributed by atoms with Crippen molar-refractivity contribution in [2.45, 2.75) is 13.1 Å². The summed E-state index contributed by atoms with van der Waals surface area (Å²) in [5.74, 6) is 0.428. The smallest absolute Gasteiger partial charge is 0.191 e. The maximum absolute atomic E-state index is 13.1. The van der Waals surface area contributed by atoms with Gasteiger partial charge in [0.2, 0.25) is 0 Å². The van der Waals surface area contributed by atoms with Gasteiger partial charge >= 0.3 is 0 Å². The monoisotopic (exact) mass is 275 g/mol. The van der Waals surface area contributed by atoms with E-state index >= 15 is 0 Å². The van der Waals surface area contributed by atoms with E-state index in [0.717, 1.165) is 11.3 Å². The van der Waals surface area contributed by atoms with Gasteiger partial charge < -0.3 is 10.6 Å². The van der Waals surface area contributed by atoms with Gasteiger partial charge in [-0.25, -0.2) is 4.39 Å². The minimum Gasteiger partial charge on any atom is -0.352 e. The van der Waals surface area contributed by atoms with Crippen molar-refractivity contribution in [1.82, 2.24) is 20.4 Å². The summed E-state index contributed by atoms with van der Waals surface area (Å²) in [7, 11) is 3.59. The molecule has 0 spiro atoms. The Morgan fingerprint density at radius 3 is 2.75 bits per heavy atom. The molecule has 0 unspecified atom stereocenters. The van der Waals surface area contributed by atoms with Crippen LogP contribution in [0.5, 0.6) is 0 Å². The van der Waals surface area contributed by atoms with Gasteiger partial charge in [-0.2, -0.15) is 5.10 Å². The molecule has 0 saturated heterocycles. The highest BCUT2D eigenvalue weighted by Gasteiger charge is 2.02. The molecule has 1 aromatic carbocycles. The Labute approximate surface area is 117 Å². The zero-order valence-corrected chi connectivity index (χ0v) is 11.6. The maximum Gasteiger partial charge on any atom is 0.191 e. The molecule has 1 aromatic heterocycles. The Balaban J connectivity index is 1.85. The largest absolute Gasteiger partial charge is 0.352 e. The topological polar surface area (TPSA) is 54.2 Å². The Hall–Kier alpha value is -2.37. The molecular weight excluding hydrogens is 257 g/mol. The van der Waals surface area contributed by atoms with E-state index in [1.807, 2.05) is 19.2 Å². The lowest BCUT2D eigenvalue weighted by Crippen LogP contribution is -2.36. The maximum atomic E-state index is 13.1. The van der Waals surface area contributed by atoms with Gasteiger partial charge in [0.1, 0.15) is 5.82 Å². The van der Waals surface area contributed by atoms with Gasteiger partial charge in [0, 0.05) is 26.8 Å². The van der Waals surface area contributed by atoms with Crippen molar-refractivity contribution >= 4 is 5.96 Å². The van der Waals surface area contributed by atoms with Crippen LogP contribution in [0.4, 0.5) is 4.39 Å². The Morgan fingerprint density at radius 1 is 1.30 bits per heavy atom. The zero-order chi connectivity index (χ0) is 14.4. The standard InChI is InChI=1S/C14H18FN5/c1-16-14(18-10-13-6-7-19-20(13)2)17-9-11-4-3-5-12(15)8-11/h3-8H,9-10H2,1-2H3,(H2,16,17,18). The second kappa shape index (κ2) is 6.70. The molecule has 2 rings (SSSR count). The fourth-order valence-electron chi connectivity index (χ4n) is 1.80. The van der Waals surface area contributed by atoms with Crippen LogP contribution in [0.3, 0.4) is 0 Å². The summed E-state index contributed by atoms with van der Waals surface area (Å²) < 4.78 is 14.9. The third-order valence-electron chi connectivity index (χ3n) is 2.93. The summed E-state index contributed by atoms with van der Waals surface area (Å²) in [4.78, 5) is 4.13. The minimum absolute atomic E-state index is 0.234. The summed E-state index contributed by atoms with van der Waals surface area (Å²) >= 11 is 0. The van der Waals surface area contributed by atoms with E-state index in [1.54, 1.807) is 24.0 Å². The van der Waals surface area contributed by atoms with Crippen LogP contribution in [-0.2, 0) is 20.1 Å². The lowest BCUT2D eigenvalue weighted by Gasteiger charge is -2.12. The van der Waals surface area contributed by atoms with Crippen LogP contribution in [0.2, 0.25) is 0 Å². The number of benzene rings is 1. The molecule has 0 aliphatic heterocycles. The lowest BCUT2D eigenvalue weighted by atomic mass is 10.2. The van der Waals surface area contributed by atoms with Crippen molar-refractivity contribution in [3.05, 3.63) is 53.6 Å². The van der Waals surface area contributed by atoms with Gasteiger partial charge in [-0.3, -0.25) is 9.67 Å². The molecule has 2 N–H and O–H groups in total. The average molecular weight is 275 g/mol. The number of aromatic nitrogens is 2. The van der Waals surface area contributed by atoms with Crippen LogP contribution >= 0.6 is 0 Å². The van der Waals surface area contributed by atoms with E-state index in [-0.39, 0.29) is 5.82 Å². The summed E-state index contributed by atoms with van der Waals surface area (Å²) in [6, 6.07) is 8.43. The van der Waals surface area contributed by atoms with Crippen LogP contribution in [0.15, 0.2) is 41.5 Å². The Kier molecular flexibility index (Phi) is 4.70. The number of hydrogen-bond acceptors (Lipinski definition) is 2. The third kappa shape index (κ3) is 3.81. The molecule has 1 heterocycles. The van der Waals surface area contributed by atoms with E-state index in [0.29, 0.717) is 19.0 Å². The Morgan fingerprint density at radius 2 is 2.10 bits per heavy atom. The lowest BCUT2D eigenvalue weighted by molar-refractivity contribution is 0.624. The zero-order valence-electron chi connectivity index (χ0n) is 11.6. The van der Waals surface area contributed by atoms with Gasteiger partial charge in [0.25, 0.3) is 0 Å². The van der Waals surface area contributed by atoms with Crippen LogP contribution in [0.25, 0.3) is 0 Å². The number of aryl methyl sites for hydroxylation is 1. The van der Waals surface area contributed by atoms with E-state index in [1.165, 1.54) is 12.1 Å². The van der Waals surface area contributed by atoms with E-state index < -0.39 is 0 Å². The van der Waals surface area contributed by atoms with E-state index in [9.17, 15) is 4.39 Å². The van der Waals surface area contributed by atoms with Gasteiger partial charge in [-0.1, -0.05) is 12.1 Å². The van der Waals surface area contributed by atoms with Gasteiger partial charge in [-0.15, -0.1) is 0 Å². The molecule has 0 amide bonds. The quantitative estimate of drug-likeness (QED) is 0.655. The molecule has 5 nitrogen and oxygen atoms in total. The van der Waals surface area contributed by atoms with E-state index in [4.69, 9.17) is 0 Å². The first-order valence-electron chi connectivity index (χ1n) is 6.35. The van der Waals surface area contributed by atoms with Crippen molar-refractivity contribution in [1.29, 1.82) is 0 Å². The molecule has 20 heavy (non-hydrogen) atoms. The number of halogens is 1. The van der Waals surface area contributed by atoms with Crippen LogP contribution in [-0.4, -0.2) is 22.8 Å². The molecule has 6 heteroatoms. The number of hydrogen-bond donors (Lipinski definition) is 2. The highest BCUT2D eigenvalue weighted by Crippen LogP contribution is 2.02. The van der Waals surface area contributed by atoms with Gasteiger partial charge in [-0.05, 0) is 23.8 Å². The second-order valence-corrected chi connectivity index (χ2v) is 4.36. The molecule has 0 aliphatic rings. The molecule has 0 atom stereocenters. The highest BCUT2D eigenvalue weighted by atomic mass is 19.1. The Bertz CT molecular complexity index is 591. The fraction of sp³-hybridized carbons (Fsp3) is 0.286. The first kappa shape index (κ1) is 14.0. The predicted molar refractivity (Wildman–Crippen MR) is 76.6 cm³/mol. The molecule has 0 bridgehead atoms. The summed E-state index contributed by atoms with van der Waals surface area (Å²) in [5, 5.41) is 10.4. The van der Waals surface area contributed by atoms with Crippen molar-refractivity contribution in [2.75, 3.05) is 7.05 Å². The number of guanidine groups is 1. The second-order valence-electron chi connectivity index (χ2n) is 4.36. The van der Waals surface area contributed by atoms with Crippen molar-refractivity contribution in [2.24, 2.45) is 12.0 Å². The predicted octanol–water partition coefficient (Wildman–Crippen LogP) is 1.42. The average Bonchev–Trinajstić information content (AvgIpc) is 2.85. The number of rotatable bonds is 4. The first-order chi connectivity index (χ1) is 9.69. The van der Waals surface area contributed by atoms with Crippen LogP contribution in [0, 0.1) is 5.82 Å². The van der Waals surface area contributed by atoms with Crippen LogP contribution in [0.1, 0.15) is 11.3 Å². The minimum atomic E-state index is -0.234. The molecule has 0 aliphatic carbocycles. The summed E-state index contributed by atoms with van der Waals surface area (Å²) in [6.07, 6.45) is 1.75. The molecule has 2 aromatic rings. The first-order valence-corrected chi connectivity index (χ1v) is 6.35. The van der Waals surface area contributed by atoms with Crippen molar-refractivity contribution in [3.63, 3.8) is 0 Å². The van der Waals surface area contributed by atoms with Gasteiger partial charge in [0.15, 0.2) is 5.96 Å². The number of nitrogens with one attached hydrogen (secondary N) is 2. The van der Waals surface area contributed by atoms with Crippen LogP contribution < -0.4 is 10.6 Å². The van der Waals surface area contributed by atoms with Gasteiger partial charge in [0.05, 0.1) is 12.2 Å². The number of nitrogens with zero attached hydrogens (tertiary/aromatic N) is 3. The summed E-state index contributed by atoms with van der Waals surface area (Å²) in [6.45, 7) is 1.14. The van der Waals surface area contributed by atoms with Crippen molar-refractivity contribution in [3.8, 4) is 0 Å². The highest BCUT2D eigenvalue weighted by molar-refractivity contribution is 5.79. The normalized spacial score (nSPS) is 11.4. The summed E-state index contributed by atoms with van der Waals surface area (Å²) in [5.41, 5.74) is 1.92. The van der Waals surface area contributed by atoms with Crippen molar-refractivity contribution < 1.29 is 4.39 Å². The fourth-order valence-corrected chi connectivity index (χ4v) is 1.80. The molecule has 0 fully saturated rings. The SMILES string of the molecule is CN=C(NCc1cccc(F)c1)NCc1ccnn1C. The van der Waals surface area contributed by atoms with E-state index in [2.05, 4.69) is 20.7 Å². The molecule has 0 radical (unpaired) electrons. The number of aliphatic imine (C=N–C) groups is 1. The molecular formula is C14H18FN5. The molecule has 106 valence electrons.